The molecule has 108 valence electrons. The van der Waals surface area contributed by atoms with Crippen molar-refractivity contribution >= 4 is 0 Å². The van der Waals surface area contributed by atoms with Gasteiger partial charge < -0.3 is 9.84 Å². The zero-order valence-electron chi connectivity index (χ0n) is 12.5. The van der Waals surface area contributed by atoms with Gasteiger partial charge in [-0.15, -0.1) is 0 Å². The topological polar surface area (TPSA) is 51.0 Å². The molecule has 1 heterocycles. The van der Waals surface area contributed by atoms with E-state index in [0.717, 1.165) is 31.0 Å². The van der Waals surface area contributed by atoms with E-state index in [0.29, 0.717) is 12.0 Å². The average molecular weight is 273 g/mol. The molecule has 0 saturated carbocycles. The predicted octanol–water partition coefficient (Wildman–Crippen LogP) is 2.84. The molecule has 4 nitrogen and oxygen atoms in total. The Labute approximate surface area is 120 Å². The Bertz CT molecular complexity index is 507. The van der Waals surface area contributed by atoms with E-state index in [1.54, 1.807) is 0 Å². The molecule has 1 unspecified atom stereocenters. The Morgan fingerprint density at radius 1 is 1.20 bits per heavy atom. The van der Waals surface area contributed by atoms with Gasteiger partial charge in [0, 0.05) is 18.9 Å². The Morgan fingerprint density at radius 3 is 2.60 bits per heavy atom. The van der Waals surface area contributed by atoms with Crippen LogP contribution < -0.4 is 5.32 Å². The van der Waals surface area contributed by atoms with E-state index in [1.807, 2.05) is 25.2 Å². The molecular weight excluding hydrogens is 250 g/mol. The number of benzene rings is 1. The molecule has 1 atom stereocenters. The van der Waals surface area contributed by atoms with Crippen molar-refractivity contribution in [3.8, 4) is 0 Å². The van der Waals surface area contributed by atoms with E-state index < -0.39 is 0 Å². The standard InChI is InChI=1S/C16H23N3O/c1-12(2)9-14(17-3)11-16-18-15(19-20-16)10-13-7-5-4-6-8-13/h4-8,12,14,17H,9-11H2,1-3H3. The molecule has 0 radical (unpaired) electrons. The van der Waals surface area contributed by atoms with E-state index in [4.69, 9.17) is 4.52 Å². The largest absolute Gasteiger partial charge is 0.339 e. The minimum Gasteiger partial charge on any atom is -0.339 e. The van der Waals surface area contributed by atoms with Crippen LogP contribution in [0.2, 0.25) is 0 Å². The summed E-state index contributed by atoms with van der Waals surface area (Å²) in [5.74, 6) is 2.13. The zero-order valence-corrected chi connectivity index (χ0v) is 12.5. The van der Waals surface area contributed by atoms with Crippen LogP contribution in [0.4, 0.5) is 0 Å². The van der Waals surface area contributed by atoms with Gasteiger partial charge in [-0.2, -0.15) is 4.98 Å². The molecule has 0 spiro atoms. The second kappa shape index (κ2) is 7.20. The fourth-order valence-corrected chi connectivity index (χ4v) is 2.31. The van der Waals surface area contributed by atoms with Crippen LogP contribution in [0, 0.1) is 5.92 Å². The molecule has 1 aromatic carbocycles. The summed E-state index contributed by atoms with van der Waals surface area (Å²) in [6, 6.07) is 10.6. The molecule has 0 aliphatic carbocycles. The van der Waals surface area contributed by atoms with Crippen LogP contribution in [0.25, 0.3) is 0 Å². The number of hydrogen-bond donors (Lipinski definition) is 1. The van der Waals surface area contributed by atoms with Crippen molar-refractivity contribution in [1.29, 1.82) is 0 Å². The fourth-order valence-electron chi connectivity index (χ4n) is 2.31. The molecule has 20 heavy (non-hydrogen) atoms. The van der Waals surface area contributed by atoms with Crippen molar-refractivity contribution in [3.63, 3.8) is 0 Å². The third-order valence-electron chi connectivity index (χ3n) is 3.30. The summed E-state index contributed by atoms with van der Waals surface area (Å²) in [5, 5.41) is 7.38. The first kappa shape index (κ1) is 14.7. The predicted molar refractivity (Wildman–Crippen MR) is 79.6 cm³/mol. The van der Waals surface area contributed by atoms with Gasteiger partial charge in [-0.3, -0.25) is 0 Å². The summed E-state index contributed by atoms with van der Waals surface area (Å²) in [4.78, 5) is 4.48. The van der Waals surface area contributed by atoms with Crippen LogP contribution in [0.15, 0.2) is 34.9 Å². The van der Waals surface area contributed by atoms with Gasteiger partial charge >= 0.3 is 0 Å². The van der Waals surface area contributed by atoms with Crippen molar-refractivity contribution in [3.05, 3.63) is 47.6 Å². The van der Waals surface area contributed by atoms with E-state index in [9.17, 15) is 0 Å². The van der Waals surface area contributed by atoms with Gasteiger partial charge in [-0.25, -0.2) is 0 Å². The minimum absolute atomic E-state index is 0.389. The first-order chi connectivity index (χ1) is 9.67. The molecule has 2 aromatic rings. The fraction of sp³-hybridized carbons (Fsp3) is 0.500. The van der Waals surface area contributed by atoms with Gasteiger partial charge in [0.25, 0.3) is 0 Å². The first-order valence-electron chi connectivity index (χ1n) is 7.20. The Hall–Kier alpha value is -1.68. The molecule has 0 aliphatic heterocycles. The van der Waals surface area contributed by atoms with Gasteiger partial charge in [0.1, 0.15) is 0 Å². The van der Waals surface area contributed by atoms with Crippen molar-refractivity contribution in [1.82, 2.24) is 15.5 Å². The van der Waals surface area contributed by atoms with Gasteiger partial charge in [-0.05, 0) is 24.9 Å². The lowest BCUT2D eigenvalue weighted by molar-refractivity contribution is 0.342. The highest BCUT2D eigenvalue weighted by Gasteiger charge is 2.14. The van der Waals surface area contributed by atoms with Crippen molar-refractivity contribution in [2.75, 3.05) is 7.05 Å². The molecule has 0 aliphatic rings. The van der Waals surface area contributed by atoms with Crippen molar-refractivity contribution < 1.29 is 4.52 Å². The SMILES string of the molecule is CNC(Cc1nc(Cc2ccccc2)no1)CC(C)C. The summed E-state index contributed by atoms with van der Waals surface area (Å²) >= 11 is 0. The summed E-state index contributed by atoms with van der Waals surface area (Å²) in [5.41, 5.74) is 1.20. The second-order valence-corrected chi connectivity index (χ2v) is 5.59. The number of nitrogens with zero attached hydrogens (tertiary/aromatic N) is 2. The zero-order chi connectivity index (χ0) is 14.4. The van der Waals surface area contributed by atoms with Gasteiger partial charge in [0.05, 0.1) is 0 Å². The Morgan fingerprint density at radius 2 is 1.95 bits per heavy atom. The van der Waals surface area contributed by atoms with Crippen LogP contribution in [0.5, 0.6) is 0 Å². The summed E-state index contributed by atoms with van der Waals surface area (Å²) in [6.45, 7) is 4.44. The second-order valence-electron chi connectivity index (χ2n) is 5.59. The molecule has 1 N–H and O–H groups in total. The molecule has 2 rings (SSSR count). The highest BCUT2D eigenvalue weighted by molar-refractivity contribution is 5.18. The number of nitrogens with one attached hydrogen (secondary N) is 1. The minimum atomic E-state index is 0.389. The van der Waals surface area contributed by atoms with E-state index in [2.05, 4.69) is 41.4 Å². The van der Waals surface area contributed by atoms with Crippen LogP contribution in [-0.4, -0.2) is 23.2 Å². The van der Waals surface area contributed by atoms with Crippen molar-refractivity contribution in [2.45, 2.75) is 39.2 Å². The van der Waals surface area contributed by atoms with Crippen LogP contribution >= 0.6 is 0 Å². The van der Waals surface area contributed by atoms with E-state index >= 15 is 0 Å². The molecular formula is C16H23N3O. The maximum Gasteiger partial charge on any atom is 0.228 e. The lowest BCUT2D eigenvalue weighted by Crippen LogP contribution is -2.29. The maximum absolute atomic E-state index is 5.35. The lowest BCUT2D eigenvalue weighted by Gasteiger charge is -2.15. The quantitative estimate of drug-likeness (QED) is 0.843. The highest BCUT2D eigenvalue weighted by atomic mass is 16.5. The molecule has 0 amide bonds. The smallest absolute Gasteiger partial charge is 0.228 e. The lowest BCUT2D eigenvalue weighted by atomic mass is 10.0. The van der Waals surface area contributed by atoms with Crippen LogP contribution in [-0.2, 0) is 12.8 Å². The summed E-state index contributed by atoms with van der Waals surface area (Å²) < 4.78 is 5.35. The normalized spacial score (nSPS) is 12.8. The highest BCUT2D eigenvalue weighted by Crippen LogP contribution is 2.11. The number of likely N-dealkylation sites (N-methyl/N-ethyl adjacent to an activating group) is 1. The summed E-state index contributed by atoms with van der Waals surface area (Å²) in [7, 11) is 1.98. The summed E-state index contributed by atoms with van der Waals surface area (Å²) in [6.07, 6.45) is 2.61. The van der Waals surface area contributed by atoms with Gasteiger partial charge in [0.2, 0.25) is 5.89 Å². The Kier molecular flexibility index (Phi) is 5.30. The monoisotopic (exact) mass is 273 g/mol. The number of rotatable bonds is 7. The van der Waals surface area contributed by atoms with Crippen LogP contribution in [0.3, 0.4) is 0 Å². The molecule has 0 bridgehead atoms. The van der Waals surface area contributed by atoms with Gasteiger partial charge in [0.15, 0.2) is 5.82 Å². The Balaban J connectivity index is 1.95. The molecule has 4 heteroatoms. The third-order valence-corrected chi connectivity index (χ3v) is 3.30. The van der Waals surface area contributed by atoms with Crippen molar-refractivity contribution in [2.24, 2.45) is 5.92 Å². The maximum atomic E-state index is 5.35. The van der Waals surface area contributed by atoms with E-state index in [1.165, 1.54) is 5.56 Å². The average Bonchev–Trinajstić information content (AvgIpc) is 2.86. The number of aromatic nitrogens is 2. The first-order valence-corrected chi connectivity index (χ1v) is 7.20. The molecule has 0 fully saturated rings. The molecule has 0 saturated heterocycles. The third kappa shape index (κ3) is 4.46. The van der Waals surface area contributed by atoms with E-state index in [-0.39, 0.29) is 0 Å². The van der Waals surface area contributed by atoms with Gasteiger partial charge in [-0.1, -0.05) is 49.3 Å². The number of hydrogen-bond acceptors (Lipinski definition) is 4. The molecule has 1 aromatic heterocycles. The van der Waals surface area contributed by atoms with Crippen LogP contribution in [0.1, 0.15) is 37.5 Å².